The third-order valence-electron chi connectivity index (χ3n) is 2.92. The standard InChI is InChI=1S/C9H16N2O3S2/c1-6(8(10)15)11(2)9(12)7-3-4-16(13,14)5-7/h6-7H,3-5H2,1-2H3,(H2,10,15). The summed E-state index contributed by atoms with van der Waals surface area (Å²) >= 11 is 4.80. The molecule has 1 heterocycles. The molecule has 16 heavy (non-hydrogen) atoms. The summed E-state index contributed by atoms with van der Waals surface area (Å²) in [6, 6.07) is -0.342. The average Bonchev–Trinajstić information content (AvgIpc) is 2.55. The van der Waals surface area contributed by atoms with Crippen molar-refractivity contribution < 1.29 is 13.2 Å². The van der Waals surface area contributed by atoms with E-state index in [0.717, 1.165) is 0 Å². The molecule has 0 aromatic carbocycles. The van der Waals surface area contributed by atoms with E-state index >= 15 is 0 Å². The molecule has 92 valence electrons. The maximum atomic E-state index is 11.9. The van der Waals surface area contributed by atoms with E-state index in [9.17, 15) is 13.2 Å². The molecule has 1 aliphatic heterocycles. The molecule has 0 radical (unpaired) electrons. The Labute approximate surface area is 101 Å². The lowest BCUT2D eigenvalue weighted by molar-refractivity contribution is -0.134. The van der Waals surface area contributed by atoms with Crippen molar-refractivity contribution in [2.75, 3.05) is 18.6 Å². The Bertz CT molecular complexity index is 405. The summed E-state index contributed by atoms with van der Waals surface area (Å²) in [5.74, 6) is -0.591. The number of hydrogen-bond donors (Lipinski definition) is 1. The van der Waals surface area contributed by atoms with Crippen molar-refractivity contribution in [3.8, 4) is 0 Å². The molecule has 0 aromatic heterocycles. The first-order valence-corrected chi connectivity index (χ1v) is 7.24. The zero-order valence-electron chi connectivity index (χ0n) is 9.34. The lowest BCUT2D eigenvalue weighted by Crippen LogP contribution is -2.45. The maximum absolute atomic E-state index is 11.9. The van der Waals surface area contributed by atoms with Crippen LogP contribution in [0, 0.1) is 5.92 Å². The molecule has 0 aromatic rings. The number of thiocarbonyl (C=S) groups is 1. The van der Waals surface area contributed by atoms with Gasteiger partial charge < -0.3 is 10.6 Å². The highest BCUT2D eigenvalue weighted by molar-refractivity contribution is 7.91. The van der Waals surface area contributed by atoms with Crippen molar-refractivity contribution in [1.29, 1.82) is 0 Å². The maximum Gasteiger partial charge on any atom is 0.227 e. The van der Waals surface area contributed by atoms with E-state index in [0.29, 0.717) is 6.42 Å². The van der Waals surface area contributed by atoms with Gasteiger partial charge in [0, 0.05) is 7.05 Å². The summed E-state index contributed by atoms with van der Waals surface area (Å²) < 4.78 is 22.5. The molecule has 1 amide bonds. The number of carbonyl (C=O) groups excluding carboxylic acids is 1. The van der Waals surface area contributed by atoms with Crippen LogP contribution < -0.4 is 5.73 Å². The van der Waals surface area contributed by atoms with Crippen LogP contribution in [0.5, 0.6) is 0 Å². The third kappa shape index (κ3) is 2.91. The van der Waals surface area contributed by atoms with Crippen molar-refractivity contribution in [1.82, 2.24) is 4.90 Å². The molecule has 1 rings (SSSR count). The van der Waals surface area contributed by atoms with Gasteiger partial charge in [-0.25, -0.2) is 8.42 Å². The number of rotatable bonds is 3. The molecule has 2 N–H and O–H groups in total. The number of carbonyl (C=O) groups is 1. The van der Waals surface area contributed by atoms with Crippen molar-refractivity contribution in [2.24, 2.45) is 11.7 Å². The van der Waals surface area contributed by atoms with Gasteiger partial charge in [-0.05, 0) is 13.3 Å². The van der Waals surface area contributed by atoms with Gasteiger partial charge in [0.1, 0.15) is 0 Å². The Morgan fingerprint density at radius 1 is 1.56 bits per heavy atom. The largest absolute Gasteiger partial charge is 0.392 e. The van der Waals surface area contributed by atoms with Gasteiger partial charge in [-0.1, -0.05) is 12.2 Å². The summed E-state index contributed by atoms with van der Waals surface area (Å²) in [7, 11) is -1.44. The number of likely N-dealkylation sites (N-methyl/N-ethyl adjacent to an activating group) is 1. The highest BCUT2D eigenvalue weighted by atomic mass is 32.2. The predicted molar refractivity (Wildman–Crippen MR) is 65.8 cm³/mol. The number of hydrogen-bond acceptors (Lipinski definition) is 4. The minimum absolute atomic E-state index is 0.0553. The number of amides is 1. The van der Waals surface area contributed by atoms with Crippen molar-refractivity contribution in [3.05, 3.63) is 0 Å². The number of nitrogens with zero attached hydrogens (tertiary/aromatic N) is 1. The molecule has 0 aliphatic carbocycles. The van der Waals surface area contributed by atoms with Gasteiger partial charge in [-0.2, -0.15) is 0 Å². The number of sulfone groups is 1. The monoisotopic (exact) mass is 264 g/mol. The van der Waals surface area contributed by atoms with E-state index in [4.69, 9.17) is 18.0 Å². The first kappa shape index (κ1) is 13.4. The lowest BCUT2D eigenvalue weighted by Gasteiger charge is -2.26. The minimum atomic E-state index is -3.03. The molecule has 1 aliphatic rings. The van der Waals surface area contributed by atoms with Gasteiger partial charge >= 0.3 is 0 Å². The van der Waals surface area contributed by atoms with E-state index in [1.165, 1.54) is 4.90 Å². The van der Waals surface area contributed by atoms with E-state index in [2.05, 4.69) is 0 Å². The lowest BCUT2D eigenvalue weighted by atomic mass is 10.1. The molecular weight excluding hydrogens is 248 g/mol. The zero-order valence-corrected chi connectivity index (χ0v) is 11.0. The van der Waals surface area contributed by atoms with Crippen LogP contribution in [-0.2, 0) is 14.6 Å². The average molecular weight is 264 g/mol. The van der Waals surface area contributed by atoms with Crippen molar-refractivity contribution >= 4 is 33.0 Å². The van der Waals surface area contributed by atoms with Gasteiger partial charge in [-0.15, -0.1) is 0 Å². The number of nitrogens with two attached hydrogens (primary N) is 1. The summed E-state index contributed by atoms with van der Waals surface area (Å²) in [5, 5.41) is 0. The van der Waals surface area contributed by atoms with Gasteiger partial charge in [0.25, 0.3) is 0 Å². The quantitative estimate of drug-likeness (QED) is 0.699. The predicted octanol–water partition coefficient (Wildman–Crippen LogP) is -0.446. The first-order chi connectivity index (χ1) is 7.24. The summed E-state index contributed by atoms with van der Waals surface area (Å²) in [6.45, 7) is 1.73. The second-order valence-electron chi connectivity index (χ2n) is 4.13. The second kappa shape index (κ2) is 4.67. The van der Waals surface area contributed by atoms with E-state index in [1.54, 1.807) is 14.0 Å². The van der Waals surface area contributed by atoms with E-state index in [1.807, 2.05) is 0 Å². The van der Waals surface area contributed by atoms with Gasteiger partial charge in [0.05, 0.1) is 28.5 Å². The molecule has 0 bridgehead atoms. The molecule has 1 fully saturated rings. The Morgan fingerprint density at radius 2 is 2.12 bits per heavy atom. The molecule has 2 atom stereocenters. The minimum Gasteiger partial charge on any atom is -0.392 e. The second-order valence-corrected chi connectivity index (χ2v) is 6.83. The van der Waals surface area contributed by atoms with Crippen LogP contribution >= 0.6 is 12.2 Å². The van der Waals surface area contributed by atoms with Crippen LogP contribution in [-0.4, -0.2) is 48.8 Å². The Morgan fingerprint density at radius 3 is 2.50 bits per heavy atom. The Hall–Kier alpha value is -0.690. The van der Waals surface area contributed by atoms with Crippen molar-refractivity contribution in [3.63, 3.8) is 0 Å². The Kier molecular flexibility index (Phi) is 3.90. The highest BCUT2D eigenvalue weighted by Crippen LogP contribution is 2.21. The van der Waals surface area contributed by atoms with Crippen LogP contribution in [0.1, 0.15) is 13.3 Å². The normalized spacial score (nSPS) is 25.0. The molecule has 1 saturated heterocycles. The van der Waals surface area contributed by atoms with Crippen LogP contribution in [0.15, 0.2) is 0 Å². The molecule has 5 nitrogen and oxygen atoms in total. The molecule has 2 unspecified atom stereocenters. The summed E-state index contributed by atoms with van der Waals surface area (Å²) in [5.41, 5.74) is 5.45. The van der Waals surface area contributed by atoms with E-state index < -0.39 is 15.8 Å². The van der Waals surface area contributed by atoms with Gasteiger partial charge in [0.15, 0.2) is 9.84 Å². The summed E-state index contributed by atoms with van der Waals surface area (Å²) in [4.78, 5) is 13.6. The zero-order chi connectivity index (χ0) is 12.5. The fourth-order valence-corrected chi connectivity index (χ4v) is 3.55. The fraction of sp³-hybridized carbons (Fsp3) is 0.778. The molecule has 7 heteroatoms. The Balaban J connectivity index is 2.69. The SMILES string of the molecule is CC(C(N)=S)N(C)C(=O)C1CCS(=O)(=O)C1. The van der Waals surface area contributed by atoms with Crippen LogP contribution in [0.4, 0.5) is 0 Å². The van der Waals surface area contributed by atoms with Gasteiger partial charge in [0.2, 0.25) is 5.91 Å². The molecular formula is C9H16N2O3S2. The fourth-order valence-electron chi connectivity index (χ4n) is 1.66. The van der Waals surface area contributed by atoms with Crippen LogP contribution in [0.25, 0.3) is 0 Å². The van der Waals surface area contributed by atoms with Crippen LogP contribution in [0.3, 0.4) is 0 Å². The highest BCUT2D eigenvalue weighted by Gasteiger charge is 2.35. The van der Waals surface area contributed by atoms with Gasteiger partial charge in [-0.3, -0.25) is 4.79 Å². The van der Waals surface area contributed by atoms with Crippen molar-refractivity contribution in [2.45, 2.75) is 19.4 Å². The summed E-state index contributed by atoms with van der Waals surface area (Å²) in [6.07, 6.45) is 0.398. The third-order valence-corrected chi connectivity index (χ3v) is 5.03. The topological polar surface area (TPSA) is 80.5 Å². The molecule has 0 saturated carbocycles. The first-order valence-electron chi connectivity index (χ1n) is 5.01. The van der Waals surface area contributed by atoms with E-state index in [-0.39, 0.29) is 28.4 Å². The smallest absolute Gasteiger partial charge is 0.227 e. The molecule has 0 spiro atoms. The van der Waals surface area contributed by atoms with Crippen LogP contribution in [0.2, 0.25) is 0 Å².